The average molecular weight is 298 g/mol. The van der Waals surface area contributed by atoms with Crippen molar-refractivity contribution in [3.05, 3.63) is 0 Å². The van der Waals surface area contributed by atoms with Crippen LogP contribution < -0.4 is 5.32 Å². The molecule has 2 unspecified atom stereocenters. The molecule has 1 aliphatic rings. The second-order valence-corrected chi connectivity index (χ2v) is 6.62. The molecule has 4 heteroatoms. The SMILES string of the molecule is CCCC1CCN(C(C)CC(C)(NC)C(=O)OCC)CC1. The van der Waals surface area contributed by atoms with Crippen molar-refractivity contribution >= 4 is 5.97 Å². The summed E-state index contributed by atoms with van der Waals surface area (Å²) in [4.78, 5) is 14.7. The lowest BCUT2D eigenvalue weighted by Crippen LogP contribution is -2.53. The Morgan fingerprint density at radius 3 is 2.48 bits per heavy atom. The first-order valence-corrected chi connectivity index (χ1v) is 8.57. The van der Waals surface area contributed by atoms with Crippen LogP contribution in [0.1, 0.15) is 59.8 Å². The summed E-state index contributed by atoms with van der Waals surface area (Å²) in [5, 5.41) is 3.16. The number of likely N-dealkylation sites (N-methyl/N-ethyl adjacent to an activating group) is 1. The number of piperidine rings is 1. The van der Waals surface area contributed by atoms with Crippen molar-refractivity contribution in [3.8, 4) is 0 Å². The third-order valence-corrected chi connectivity index (χ3v) is 4.95. The standard InChI is InChI=1S/C17H34N2O2/c1-6-8-15-9-11-19(12-10-15)14(3)13-17(4,18-5)16(20)21-7-2/h14-15,18H,6-13H2,1-5H3. The maximum Gasteiger partial charge on any atom is 0.326 e. The molecule has 0 aromatic heterocycles. The lowest BCUT2D eigenvalue weighted by molar-refractivity contribution is -0.151. The summed E-state index contributed by atoms with van der Waals surface area (Å²) in [6.45, 7) is 11.1. The number of hydrogen-bond acceptors (Lipinski definition) is 4. The molecule has 1 aliphatic heterocycles. The number of nitrogens with zero attached hydrogens (tertiary/aromatic N) is 1. The molecular formula is C17H34N2O2. The van der Waals surface area contributed by atoms with Crippen molar-refractivity contribution < 1.29 is 9.53 Å². The van der Waals surface area contributed by atoms with Crippen LogP contribution in [0.15, 0.2) is 0 Å². The number of esters is 1. The average Bonchev–Trinajstić information content (AvgIpc) is 2.48. The summed E-state index contributed by atoms with van der Waals surface area (Å²) in [6.07, 6.45) is 6.04. The molecule has 124 valence electrons. The molecule has 1 saturated heterocycles. The van der Waals surface area contributed by atoms with Crippen molar-refractivity contribution in [2.45, 2.75) is 71.4 Å². The molecule has 0 amide bonds. The van der Waals surface area contributed by atoms with Crippen molar-refractivity contribution in [1.82, 2.24) is 10.2 Å². The van der Waals surface area contributed by atoms with Crippen LogP contribution in [0.2, 0.25) is 0 Å². The van der Waals surface area contributed by atoms with E-state index in [1.807, 2.05) is 20.9 Å². The molecule has 0 aromatic carbocycles. The third-order valence-electron chi connectivity index (χ3n) is 4.95. The lowest BCUT2D eigenvalue weighted by atomic mass is 9.89. The van der Waals surface area contributed by atoms with Crippen molar-refractivity contribution in [1.29, 1.82) is 0 Å². The van der Waals surface area contributed by atoms with Crippen LogP contribution in [0.5, 0.6) is 0 Å². The van der Waals surface area contributed by atoms with Gasteiger partial charge in [-0.3, -0.25) is 4.79 Å². The summed E-state index contributed by atoms with van der Waals surface area (Å²) in [5.74, 6) is 0.763. The van der Waals surface area contributed by atoms with E-state index in [4.69, 9.17) is 4.74 Å². The Balaban J connectivity index is 2.51. The van der Waals surface area contributed by atoms with Gasteiger partial charge in [-0.25, -0.2) is 0 Å². The minimum absolute atomic E-state index is 0.139. The van der Waals surface area contributed by atoms with Crippen molar-refractivity contribution in [2.75, 3.05) is 26.7 Å². The molecule has 2 atom stereocenters. The highest BCUT2D eigenvalue weighted by atomic mass is 16.5. The Labute approximate surface area is 130 Å². The zero-order chi connectivity index (χ0) is 15.9. The maximum atomic E-state index is 12.1. The van der Waals surface area contributed by atoms with Gasteiger partial charge in [0.2, 0.25) is 0 Å². The predicted octanol–water partition coefficient (Wildman–Crippen LogP) is 2.82. The molecule has 1 rings (SSSR count). The molecule has 0 aromatic rings. The summed E-state index contributed by atoms with van der Waals surface area (Å²) < 4.78 is 5.22. The van der Waals surface area contributed by atoms with E-state index >= 15 is 0 Å². The number of hydrogen-bond donors (Lipinski definition) is 1. The number of nitrogens with one attached hydrogen (secondary N) is 1. The van der Waals surface area contributed by atoms with Gasteiger partial charge in [0.15, 0.2) is 0 Å². The van der Waals surface area contributed by atoms with Gasteiger partial charge in [0, 0.05) is 6.04 Å². The fraction of sp³-hybridized carbons (Fsp3) is 0.941. The Bertz CT molecular complexity index is 314. The fourth-order valence-corrected chi connectivity index (χ4v) is 3.39. The molecule has 4 nitrogen and oxygen atoms in total. The molecule has 1 heterocycles. The summed E-state index contributed by atoms with van der Waals surface area (Å²) in [7, 11) is 1.84. The van der Waals surface area contributed by atoms with Gasteiger partial charge in [-0.15, -0.1) is 0 Å². The van der Waals surface area contributed by atoms with E-state index < -0.39 is 5.54 Å². The van der Waals surface area contributed by atoms with Crippen LogP contribution in [0.25, 0.3) is 0 Å². The van der Waals surface area contributed by atoms with Crippen LogP contribution in [-0.2, 0) is 9.53 Å². The topological polar surface area (TPSA) is 41.6 Å². The number of ether oxygens (including phenoxy) is 1. The van der Waals surface area contributed by atoms with Crippen LogP contribution in [-0.4, -0.2) is 49.2 Å². The summed E-state index contributed by atoms with van der Waals surface area (Å²) >= 11 is 0. The van der Waals surface area contributed by atoms with Gasteiger partial charge < -0.3 is 15.0 Å². The van der Waals surface area contributed by atoms with Crippen LogP contribution in [0, 0.1) is 5.92 Å². The zero-order valence-corrected chi connectivity index (χ0v) is 14.6. The Hall–Kier alpha value is -0.610. The Morgan fingerprint density at radius 1 is 1.38 bits per heavy atom. The molecule has 1 fully saturated rings. The minimum Gasteiger partial charge on any atom is -0.465 e. The van der Waals surface area contributed by atoms with Gasteiger partial charge in [-0.05, 0) is 66.1 Å². The Kier molecular flexibility index (Phi) is 7.67. The normalized spacial score (nSPS) is 21.8. The maximum absolute atomic E-state index is 12.1. The van der Waals surface area contributed by atoms with E-state index in [9.17, 15) is 4.79 Å². The highest BCUT2D eigenvalue weighted by molar-refractivity contribution is 5.80. The van der Waals surface area contributed by atoms with Gasteiger partial charge in [-0.2, -0.15) is 0 Å². The van der Waals surface area contributed by atoms with Gasteiger partial charge in [0.1, 0.15) is 5.54 Å². The Morgan fingerprint density at radius 2 is 2.00 bits per heavy atom. The minimum atomic E-state index is -0.588. The second kappa shape index (κ2) is 8.74. The summed E-state index contributed by atoms with van der Waals surface area (Å²) in [5.41, 5.74) is -0.588. The zero-order valence-electron chi connectivity index (χ0n) is 14.6. The van der Waals surface area contributed by atoms with Crippen molar-refractivity contribution in [2.24, 2.45) is 5.92 Å². The van der Waals surface area contributed by atoms with Crippen LogP contribution in [0.3, 0.4) is 0 Å². The fourth-order valence-electron chi connectivity index (χ4n) is 3.39. The van der Waals surface area contributed by atoms with Crippen LogP contribution in [0.4, 0.5) is 0 Å². The van der Waals surface area contributed by atoms with Gasteiger partial charge in [0.25, 0.3) is 0 Å². The second-order valence-electron chi connectivity index (χ2n) is 6.62. The molecule has 0 radical (unpaired) electrons. The first-order chi connectivity index (χ1) is 9.96. The smallest absolute Gasteiger partial charge is 0.326 e. The number of carbonyl (C=O) groups excluding carboxylic acids is 1. The quantitative estimate of drug-likeness (QED) is 0.700. The third kappa shape index (κ3) is 5.26. The van der Waals surface area contributed by atoms with E-state index in [0.29, 0.717) is 12.6 Å². The van der Waals surface area contributed by atoms with Gasteiger partial charge in [0.05, 0.1) is 6.61 Å². The molecule has 1 N–H and O–H groups in total. The first kappa shape index (κ1) is 18.4. The van der Waals surface area contributed by atoms with E-state index in [1.165, 1.54) is 25.7 Å². The largest absolute Gasteiger partial charge is 0.465 e. The number of likely N-dealkylation sites (tertiary alicyclic amines) is 1. The lowest BCUT2D eigenvalue weighted by Gasteiger charge is -2.39. The molecule has 0 spiro atoms. The number of carbonyl (C=O) groups is 1. The molecule has 21 heavy (non-hydrogen) atoms. The summed E-state index contributed by atoms with van der Waals surface area (Å²) in [6, 6.07) is 0.398. The first-order valence-electron chi connectivity index (χ1n) is 8.57. The van der Waals surface area contributed by atoms with Gasteiger partial charge >= 0.3 is 5.97 Å². The van der Waals surface area contributed by atoms with Crippen molar-refractivity contribution in [3.63, 3.8) is 0 Å². The molecule has 0 bridgehead atoms. The van der Waals surface area contributed by atoms with E-state index in [2.05, 4.69) is 24.1 Å². The number of rotatable bonds is 8. The predicted molar refractivity (Wildman–Crippen MR) is 87.4 cm³/mol. The highest BCUT2D eigenvalue weighted by Crippen LogP contribution is 2.25. The van der Waals surface area contributed by atoms with Crippen LogP contribution >= 0.6 is 0 Å². The van der Waals surface area contributed by atoms with E-state index in [0.717, 1.165) is 25.4 Å². The van der Waals surface area contributed by atoms with Gasteiger partial charge in [-0.1, -0.05) is 19.8 Å². The highest BCUT2D eigenvalue weighted by Gasteiger charge is 2.36. The molecule has 0 saturated carbocycles. The van der Waals surface area contributed by atoms with E-state index in [-0.39, 0.29) is 5.97 Å². The molecule has 0 aliphatic carbocycles. The van der Waals surface area contributed by atoms with E-state index in [1.54, 1.807) is 0 Å². The molecular weight excluding hydrogens is 264 g/mol. The monoisotopic (exact) mass is 298 g/mol.